The topological polar surface area (TPSA) is 66.0 Å². The highest BCUT2D eigenvalue weighted by Gasteiger charge is 2.04. The van der Waals surface area contributed by atoms with Crippen molar-refractivity contribution < 1.29 is 9.53 Å². The quantitative estimate of drug-likeness (QED) is 0.275. The summed E-state index contributed by atoms with van der Waals surface area (Å²) in [4.78, 5) is 17.3. The Hall–Kier alpha value is -0.570. The van der Waals surface area contributed by atoms with E-state index in [1.807, 2.05) is 0 Å². The van der Waals surface area contributed by atoms with Crippen LogP contribution in [0.1, 0.15) is 20.3 Å². The number of nitrogens with one attached hydrogen (secondary N) is 2. The first-order valence-corrected chi connectivity index (χ1v) is 6.68. The summed E-state index contributed by atoms with van der Waals surface area (Å²) in [6.07, 6.45) is 0.903. The standard InChI is InChI=1S/C13H28N4O2.HI/c1-11(2)9-15-13(14-7-6-8-19-5)16-10-12(18)17(3)4;/h11H,6-10H2,1-5H3,(H2,14,15,16);1H. The molecule has 0 rings (SSSR count). The molecule has 0 spiro atoms. The van der Waals surface area contributed by atoms with Gasteiger partial charge in [0.05, 0.1) is 0 Å². The van der Waals surface area contributed by atoms with Gasteiger partial charge < -0.3 is 20.3 Å². The van der Waals surface area contributed by atoms with Gasteiger partial charge in [0.2, 0.25) is 5.91 Å². The molecule has 0 radical (unpaired) electrons. The lowest BCUT2D eigenvalue weighted by Crippen LogP contribution is -2.40. The van der Waals surface area contributed by atoms with Gasteiger partial charge in [-0.2, -0.15) is 0 Å². The molecule has 7 heteroatoms. The second kappa shape index (κ2) is 13.4. The van der Waals surface area contributed by atoms with Crippen molar-refractivity contribution >= 4 is 35.8 Å². The molecule has 2 N–H and O–H groups in total. The number of guanidine groups is 1. The maximum absolute atomic E-state index is 11.5. The van der Waals surface area contributed by atoms with Crippen LogP contribution in [0, 0.1) is 5.92 Å². The van der Waals surface area contributed by atoms with E-state index in [1.165, 1.54) is 4.90 Å². The number of amides is 1. The highest BCUT2D eigenvalue weighted by atomic mass is 127. The monoisotopic (exact) mass is 400 g/mol. The minimum absolute atomic E-state index is 0. The van der Waals surface area contributed by atoms with E-state index in [-0.39, 0.29) is 36.4 Å². The second-order valence-corrected chi connectivity index (χ2v) is 5.00. The smallest absolute Gasteiger partial charge is 0.243 e. The molecule has 0 bridgehead atoms. The lowest BCUT2D eigenvalue weighted by molar-refractivity contribution is -0.127. The molecule has 0 atom stereocenters. The van der Waals surface area contributed by atoms with E-state index in [0.29, 0.717) is 18.5 Å². The summed E-state index contributed by atoms with van der Waals surface area (Å²) < 4.78 is 4.99. The van der Waals surface area contributed by atoms with Crippen molar-refractivity contribution in [3.63, 3.8) is 0 Å². The molecular formula is C13H29IN4O2. The summed E-state index contributed by atoms with van der Waals surface area (Å²) in [5.41, 5.74) is 0. The maximum Gasteiger partial charge on any atom is 0.243 e. The van der Waals surface area contributed by atoms with E-state index in [4.69, 9.17) is 4.74 Å². The molecule has 0 heterocycles. The number of rotatable bonds is 8. The van der Waals surface area contributed by atoms with Crippen LogP contribution in [-0.2, 0) is 9.53 Å². The summed E-state index contributed by atoms with van der Waals surface area (Å²) in [5.74, 6) is 1.19. The van der Waals surface area contributed by atoms with Crippen molar-refractivity contribution in [3.8, 4) is 0 Å². The third-order valence-corrected chi connectivity index (χ3v) is 2.37. The SMILES string of the molecule is COCCCNC(=NCC(=O)N(C)C)NCC(C)C.I. The molecule has 0 unspecified atom stereocenters. The minimum atomic E-state index is -0.0115. The van der Waals surface area contributed by atoms with Gasteiger partial charge in [-0.1, -0.05) is 13.8 Å². The molecule has 0 fully saturated rings. The van der Waals surface area contributed by atoms with Crippen LogP contribution >= 0.6 is 24.0 Å². The van der Waals surface area contributed by atoms with Gasteiger partial charge in [0.1, 0.15) is 6.54 Å². The van der Waals surface area contributed by atoms with Crippen LogP contribution in [-0.4, -0.2) is 64.2 Å². The van der Waals surface area contributed by atoms with Crippen molar-refractivity contribution in [2.24, 2.45) is 10.9 Å². The van der Waals surface area contributed by atoms with Crippen LogP contribution in [0.4, 0.5) is 0 Å². The Bertz CT molecular complexity index is 284. The number of likely N-dealkylation sites (N-methyl/N-ethyl adjacent to an activating group) is 1. The fourth-order valence-corrected chi connectivity index (χ4v) is 1.19. The van der Waals surface area contributed by atoms with Gasteiger partial charge >= 0.3 is 0 Å². The fraction of sp³-hybridized carbons (Fsp3) is 0.846. The molecule has 0 aromatic heterocycles. The molecular weight excluding hydrogens is 371 g/mol. The van der Waals surface area contributed by atoms with E-state index >= 15 is 0 Å². The average molecular weight is 400 g/mol. The lowest BCUT2D eigenvalue weighted by Gasteiger charge is -2.14. The average Bonchev–Trinajstić information content (AvgIpc) is 2.35. The summed E-state index contributed by atoms with van der Waals surface area (Å²) in [5, 5.41) is 6.41. The van der Waals surface area contributed by atoms with Gasteiger partial charge in [0, 0.05) is 40.9 Å². The number of aliphatic imine (C=N–C) groups is 1. The molecule has 1 amide bonds. The molecule has 0 aromatic rings. The molecule has 20 heavy (non-hydrogen) atoms. The summed E-state index contributed by atoms with van der Waals surface area (Å²) >= 11 is 0. The number of halogens is 1. The third kappa shape index (κ3) is 12.5. The predicted molar refractivity (Wildman–Crippen MR) is 93.7 cm³/mol. The number of hydrogen-bond donors (Lipinski definition) is 2. The number of carbonyl (C=O) groups is 1. The van der Waals surface area contributed by atoms with Crippen LogP contribution in [0.5, 0.6) is 0 Å². The van der Waals surface area contributed by atoms with Crippen molar-refractivity contribution in [1.29, 1.82) is 0 Å². The van der Waals surface area contributed by atoms with E-state index < -0.39 is 0 Å². The molecule has 0 aliphatic rings. The summed E-state index contributed by atoms with van der Waals surface area (Å²) in [6, 6.07) is 0. The van der Waals surface area contributed by atoms with Gasteiger partial charge in [-0.3, -0.25) is 4.79 Å². The number of hydrogen-bond acceptors (Lipinski definition) is 3. The van der Waals surface area contributed by atoms with Crippen LogP contribution in [0.25, 0.3) is 0 Å². The van der Waals surface area contributed by atoms with E-state index in [9.17, 15) is 4.79 Å². The second-order valence-electron chi connectivity index (χ2n) is 5.00. The lowest BCUT2D eigenvalue weighted by atomic mass is 10.2. The zero-order valence-corrected chi connectivity index (χ0v) is 15.6. The number of methoxy groups -OCH3 is 1. The zero-order valence-electron chi connectivity index (χ0n) is 13.2. The Balaban J connectivity index is 0. The summed E-state index contributed by atoms with van der Waals surface area (Å²) in [7, 11) is 5.14. The van der Waals surface area contributed by atoms with E-state index in [2.05, 4.69) is 29.5 Å². The van der Waals surface area contributed by atoms with Gasteiger partial charge in [0.15, 0.2) is 5.96 Å². The molecule has 0 aromatic carbocycles. The minimum Gasteiger partial charge on any atom is -0.385 e. The predicted octanol–water partition coefficient (Wildman–Crippen LogP) is 0.920. The highest BCUT2D eigenvalue weighted by Crippen LogP contribution is 1.88. The number of nitrogens with zero attached hydrogens (tertiary/aromatic N) is 2. The van der Waals surface area contributed by atoms with Crippen molar-refractivity contribution in [3.05, 3.63) is 0 Å². The van der Waals surface area contributed by atoms with Gasteiger partial charge in [-0.15, -0.1) is 24.0 Å². The zero-order chi connectivity index (χ0) is 14.7. The van der Waals surface area contributed by atoms with Crippen molar-refractivity contribution in [1.82, 2.24) is 15.5 Å². The Morgan fingerprint density at radius 2 is 1.95 bits per heavy atom. The Morgan fingerprint density at radius 1 is 1.30 bits per heavy atom. The molecule has 0 saturated heterocycles. The molecule has 6 nitrogen and oxygen atoms in total. The first-order valence-electron chi connectivity index (χ1n) is 6.68. The van der Waals surface area contributed by atoms with Gasteiger partial charge in [0.25, 0.3) is 0 Å². The Morgan fingerprint density at radius 3 is 2.45 bits per heavy atom. The Labute approximate surface area is 139 Å². The van der Waals surface area contributed by atoms with Crippen LogP contribution in [0.3, 0.4) is 0 Å². The molecule has 0 aliphatic carbocycles. The number of ether oxygens (including phenoxy) is 1. The van der Waals surface area contributed by atoms with Crippen LogP contribution in [0.15, 0.2) is 4.99 Å². The maximum atomic E-state index is 11.5. The van der Waals surface area contributed by atoms with Crippen LogP contribution in [0.2, 0.25) is 0 Å². The molecule has 0 saturated carbocycles. The largest absolute Gasteiger partial charge is 0.385 e. The van der Waals surface area contributed by atoms with Crippen molar-refractivity contribution in [2.75, 3.05) is 47.4 Å². The van der Waals surface area contributed by atoms with E-state index in [0.717, 1.165) is 19.5 Å². The third-order valence-electron chi connectivity index (χ3n) is 2.37. The van der Waals surface area contributed by atoms with Crippen molar-refractivity contribution in [2.45, 2.75) is 20.3 Å². The summed E-state index contributed by atoms with van der Waals surface area (Å²) in [6.45, 7) is 6.72. The first-order chi connectivity index (χ1) is 8.97. The van der Waals surface area contributed by atoms with Crippen LogP contribution < -0.4 is 10.6 Å². The number of carbonyl (C=O) groups excluding carboxylic acids is 1. The van der Waals surface area contributed by atoms with Gasteiger partial charge in [-0.25, -0.2) is 4.99 Å². The van der Waals surface area contributed by atoms with E-state index in [1.54, 1.807) is 21.2 Å². The Kier molecular flexibility index (Phi) is 14.6. The van der Waals surface area contributed by atoms with Gasteiger partial charge in [-0.05, 0) is 12.3 Å². The molecule has 120 valence electrons. The molecule has 0 aliphatic heterocycles. The fourth-order valence-electron chi connectivity index (χ4n) is 1.19. The highest BCUT2D eigenvalue weighted by molar-refractivity contribution is 14.0. The first kappa shape index (κ1) is 21.7. The normalized spacial score (nSPS) is 11.0.